The van der Waals surface area contributed by atoms with Crippen molar-refractivity contribution < 1.29 is 14.5 Å². The maximum Gasteiger partial charge on any atom is 0.269 e. The van der Waals surface area contributed by atoms with Crippen LogP contribution in [0.1, 0.15) is 16.8 Å². The van der Waals surface area contributed by atoms with Crippen LogP contribution in [0.4, 0.5) is 11.5 Å². The Hall–Kier alpha value is -4.05. The molecule has 0 atom stereocenters. The van der Waals surface area contributed by atoms with Gasteiger partial charge in [0.05, 0.1) is 16.0 Å². The molecule has 4 rings (SSSR count). The summed E-state index contributed by atoms with van der Waals surface area (Å²) < 4.78 is 6.60. The average Bonchev–Trinajstić information content (AvgIpc) is 3.05. The van der Waals surface area contributed by atoms with E-state index in [2.05, 4.69) is 15.3 Å². The van der Waals surface area contributed by atoms with E-state index in [-0.39, 0.29) is 23.0 Å². The van der Waals surface area contributed by atoms with Crippen LogP contribution in [-0.2, 0) is 4.74 Å². The molecular weight excluding hydrogens is 400 g/mol. The zero-order valence-electron chi connectivity index (χ0n) is 16.7. The second kappa shape index (κ2) is 8.36. The number of hydrogen-bond donors (Lipinski definition) is 2. The van der Waals surface area contributed by atoms with Crippen LogP contribution in [0.5, 0.6) is 0 Å². The number of nitrogen functional groups attached to an aromatic ring is 1. The molecule has 10 nitrogen and oxygen atoms in total. The number of methoxy groups -OCH3 is 1. The fraction of sp³-hybridized carbons (Fsp3) is 0.190. The standard InChI is InChI=1S/C21H20N6O4/c1-31-12-4-11-23-21(28)17-18-20(25-16-6-3-2-5-15(16)24-18)26(19(17)22)13-7-9-14(10-8-13)27(29)30/h2-3,5-10H,4,11-12,22H2,1H3,(H,23,28). The molecule has 0 saturated carbocycles. The van der Waals surface area contributed by atoms with Gasteiger partial charge in [0.2, 0.25) is 0 Å². The third-order valence-electron chi connectivity index (χ3n) is 4.85. The Balaban J connectivity index is 1.88. The molecule has 0 unspecified atom stereocenters. The summed E-state index contributed by atoms with van der Waals surface area (Å²) in [5.74, 6) is -0.216. The molecule has 31 heavy (non-hydrogen) atoms. The molecule has 0 aliphatic carbocycles. The number of fused-ring (bicyclic) bond motifs is 2. The molecule has 0 aliphatic rings. The van der Waals surface area contributed by atoms with Crippen molar-refractivity contribution in [1.29, 1.82) is 0 Å². The number of anilines is 1. The molecule has 0 fully saturated rings. The number of nitro groups is 1. The summed E-state index contributed by atoms with van der Waals surface area (Å²) in [4.78, 5) is 32.8. The Morgan fingerprint density at radius 2 is 1.84 bits per heavy atom. The Bertz CT molecular complexity index is 1280. The number of nitrogens with one attached hydrogen (secondary N) is 1. The number of carbonyl (C=O) groups is 1. The Morgan fingerprint density at radius 3 is 2.48 bits per heavy atom. The molecule has 10 heteroatoms. The average molecular weight is 420 g/mol. The number of non-ortho nitro benzene ring substituents is 1. The van der Waals surface area contributed by atoms with Crippen LogP contribution in [0.2, 0.25) is 0 Å². The number of amides is 1. The van der Waals surface area contributed by atoms with E-state index in [9.17, 15) is 14.9 Å². The maximum atomic E-state index is 13.0. The number of aromatic nitrogens is 3. The van der Waals surface area contributed by atoms with Crippen LogP contribution >= 0.6 is 0 Å². The first-order chi connectivity index (χ1) is 15.0. The van der Waals surface area contributed by atoms with Crippen LogP contribution in [0, 0.1) is 10.1 Å². The first-order valence-corrected chi connectivity index (χ1v) is 9.60. The number of para-hydroxylation sites is 2. The molecule has 158 valence electrons. The monoisotopic (exact) mass is 420 g/mol. The zero-order valence-corrected chi connectivity index (χ0v) is 16.7. The minimum absolute atomic E-state index is 0.0496. The summed E-state index contributed by atoms with van der Waals surface area (Å²) in [7, 11) is 1.60. The Kier molecular flexibility index (Phi) is 5.46. The van der Waals surface area contributed by atoms with Gasteiger partial charge in [0.25, 0.3) is 11.6 Å². The van der Waals surface area contributed by atoms with Gasteiger partial charge in [-0.25, -0.2) is 9.97 Å². The first-order valence-electron chi connectivity index (χ1n) is 9.60. The number of rotatable bonds is 7. The van der Waals surface area contributed by atoms with Gasteiger partial charge in [-0.1, -0.05) is 12.1 Å². The summed E-state index contributed by atoms with van der Waals surface area (Å²) in [6.07, 6.45) is 0.651. The summed E-state index contributed by atoms with van der Waals surface area (Å²) in [6.45, 7) is 0.933. The van der Waals surface area contributed by atoms with E-state index in [1.807, 2.05) is 18.2 Å². The van der Waals surface area contributed by atoms with Crippen LogP contribution in [-0.4, -0.2) is 45.6 Å². The van der Waals surface area contributed by atoms with Gasteiger partial charge in [-0.05, 0) is 30.7 Å². The third-order valence-corrected chi connectivity index (χ3v) is 4.85. The molecule has 4 aromatic rings. The lowest BCUT2D eigenvalue weighted by Gasteiger charge is -2.08. The molecule has 3 N–H and O–H groups in total. The highest BCUT2D eigenvalue weighted by Crippen LogP contribution is 2.31. The minimum Gasteiger partial charge on any atom is -0.385 e. The van der Waals surface area contributed by atoms with Crippen molar-refractivity contribution in [2.24, 2.45) is 0 Å². The lowest BCUT2D eigenvalue weighted by molar-refractivity contribution is -0.384. The molecule has 0 bridgehead atoms. The molecular formula is C21H20N6O4. The number of hydrogen-bond acceptors (Lipinski definition) is 7. The largest absolute Gasteiger partial charge is 0.385 e. The van der Waals surface area contributed by atoms with Gasteiger partial charge < -0.3 is 15.8 Å². The Labute approximate surface area is 176 Å². The lowest BCUT2D eigenvalue weighted by Crippen LogP contribution is -2.26. The molecule has 1 amide bonds. The molecule has 2 heterocycles. The molecule has 2 aromatic heterocycles. The Morgan fingerprint density at radius 1 is 1.16 bits per heavy atom. The fourth-order valence-electron chi connectivity index (χ4n) is 3.38. The van der Waals surface area contributed by atoms with Gasteiger partial charge in [0.1, 0.15) is 16.9 Å². The van der Waals surface area contributed by atoms with Gasteiger partial charge in [-0.2, -0.15) is 0 Å². The summed E-state index contributed by atoms with van der Waals surface area (Å²) in [5.41, 5.74) is 9.13. The molecule has 0 aliphatic heterocycles. The molecule has 0 saturated heterocycles. The van der Waals surface area contributed by atoms with Crippen molar-refractivity contribution in [2.45, 2.75) is 6.42 Å². The highest BCUT2D eigenvalue weighted by molar-refractivity contribution is 6.11. The van der Waals surface area contributed by atoms with Crippen LogP contribution in [0.15, 0.2) is 48.5 Å². The van der Waals surface area contributed by atoms with Gasteiger partial charge in [-0.3, -0.25) is 19.5 Å². The molecule has 2 aromatic carbocycles. The van der Waals surface area contributed by atoms with E-state index in [0.29, 0.717) is 47.5 Å². The second-order valence-corrected chi connectivity index (χ2v) is 6.86. The number of nitrogens with two attached hydrogens (primary N) is 1. The van der Waals surface area contributed by atoms with Crippen molar-refractivity contribution in [1.82, 2.24) is 19.9 Å². The van der Waals surface area contributed by atoms with Gasteiger partial charge in [-0.15, -0.1) is 0 Å². The molecule has 0 spiro atoms. The van der Waals surface area contributed by atoms with E-state index >= 15 is 0 Å². The van der Waals surface area contributed by atoms with Gasteiger partial charge in [0.15, 0.2) is 5.65 Å². The summed E-state index contributed by atoms with van der Waals surface area (Å²) >= 11 is 0. The number of carbonyl (C=O) groups excluding carboxylic acids is 1. The number of benzene rings is 2. The van der Waals surface area contributed by atoms with Gasteiger partial charge in [0, 0.05) is 38.1 Å². The SMILES string of the molecule is COCCCNC(=O)c1c(N)n(-c2ccc([N+](=O)[O-])cc2)c2nc3ccccc3nc12. The van der Waals surface area contributed by atoms with Crippen molar-refractivity contribution >= 4 is 39.6 Å². The zero-order chi connectivity index (χ0) is 22.0. The normalized spacial score (nSPS) is 11.1. The van der Waals surface area contributed by atoms with Crippen LogP contribution < -0.4 is 11.1 Å². The van der Waals surface area contributed by atoms with Gasteiger partial charge >= 0.3 is 0 Å². The van der Waals surface area contributed by atoms with E-state index < -0.39 is 4.92 Å². The number of nitro benzene ring substituents is 1. The lowest BCUT2D eigenvalue weighted by atomic mass is 10.2. The third kappa shape index (κ3) is 3.76. The predicted octanol–water partition coefficient (Wildman–Crippen LogP) is 2.83. The van der Waals surface area contributed by atoms with Crippen LogP contribution in [0.3, 0.4) is 0 Å². The quantitative estimate of drug-likeness (QED) is 0.266. The van der Waals surface area contributed by atoms with E-state index in [1.54, 1.807) is 29.9 Å². The second-order valence-electron chi connectivity index (χ2n) is 6.86. The van der Waals surface area contributed by atoms with Crippen molar-refractivity contribution in [3.63, 3.8) is 0 Å². The number of ether oxygens (including phenoxy) is 1. The topological polar surface area (TPSA) is 138 Å². The maximum absolute atomic E-state index is 13.0. The minimum atomic E-state index is -0.479. The fourth-order valence-corrected chi connectivity index (χ4v) is 3.38. The van der Waals surface area contributed by atoms with E-state index in [1.165, 1.54) is 12.1 Å². The van der Waals surface area contributed by atoms with Crippen molar-refractivity contribution in [3.8, 4) is 5.69 Å². The highest BCUT2D eigenvalue weighted by Gasteiger charge is 2.24. The predicted molar refractivity (Wildman–Crippen MR) is 116 cm³/mol. The highest BCUT2D eigenvalue weighted by atomic mass is 16.6. The first kappa shape index (κ1) is 20.2. The van der Waals surface area contributed by atoms with E-state index in [0.717, 1.165) is 0 Å². The number of nitrogens with zero attached hydrogens (tertiary/aromatic N) is 4. The van der Waals surface area contributed by atoms with Crippen LogP contribution in [0.25, 0.3) is 27.9 Å². The smallest absolute Gasteiger partial charge is 0.269 e. The molecule has 0 radical (unpaired) electrons. The van der Waals surface area contributed by atoms with Crippen molar-refractivity contribution in [2.75, 3.05) is 26.0 Å². The van der Waals surface area contributed by atoms with Crippen molar-refractivity contribution in [3.05, 3.63) is 64.2 Å². The van der Waals surface area contributed by atoms with E-state index in [4.69, 9.17) is 10.5 Å². The summed E-state index contributed by atoms with van der Waals surface area (Å²) in [5, 5.41) is 13.8. The summed E-state index contributed by atoms with van der Waals surface area (Å²) in [6, 6.07) is 13.2.